The first-order valence-corrected chi connectivity index (χ1v) is 5.22. The fraction of sp³-hybridized carbons (Fsp3) is 1.00. The summed E-state index contributed by atoms with van der Waals surface area (Å²) in [4.78, 5) is 2.59. The third kappa shape index (κ3) is 0.916. The third-order valence-electron chi connectivity index (χ3n) is 3.14. The lowest BCUT2D eigenvalue weighted by molar-refractivity contribution is 0.167. The molecular weight excluding hydrogens is 237 g/mol. The molecule has 2 unspecified atom stereocenters. The number of piperidine rings is 1. The summed E-state index contributed by atoms with van der Waals surface area (Å²) in [7, 11) is 2.29. The Morgan fingerprint density at radius 3 is 2.80 bits per heavy atom. The Bertz CT molecular complexity index is 144. The van der Waals surface area contributed by atoms with E-state index >= 15 is 0 Å². The Labute approximate surface area is 76.3 Å². The van der Waals surface area contributed by atoms with Crippen LogP contribution in [-0.4, -0.2) is 21.5 Å². The molecule has 0 N–H and O–H groups in total. The second-order valence-corrected chi connectivity index (χ2v) is 5.62. The molecule has 2 saturated heterocycles. The largest absolute Gasteiger partial charge is 0.289 e. The maximum atomic E-state index is 2.65. The van der Waals surface area contributed by atoms with Crippen molar-refractivity contribution in [3.63, 3.8) is 0 Å². The zero-order chi connectivity index (χ0) is 7.19. The molecule has 58 valence electrons. The van der Waals surface area contributed by atoms with E-state index in [2.05, 4.69) is 34.5 Å². The average molecular weight is 251 g/mol. The van der Waals surface area contributed by atoms with Gasteiger partial charge in [0.1, 0.15) is 0 Å². The van der Waals surface area contributed by atoms with Gasteiger partial charge < -0.3 is 0 Å². The maximum Gasteiger partial charge on any atom is 0.0730 e. The zero-order valence-electron chi connectivity index (χ0n) is 6.44. The van der Waals surface area contributed by atoms with Crippen molar-refractivity contribution in [3.05, 3.63) is 0 Å². The molecule has 1 nitrogen and oxygen atoms in total. The van der Waals surface area contributed by atoms with Crippen molar-refractivity contribution in [2.24, 2.45) is 0 Å². The molecule has 0 amide bonds. The van der Waals surface area contributed by atoms with Crippen molar-refractivity contribution in [3.8, 4) is 0 Å². The van der Waals surface area contributed by atoms with Crippen LogP contribution in [0, 0.1) is 0 Å². The SMILES string of the molecule is CN1C2CCCC1(I)CC2. The van der Waals surface area contributed by atoms with E-state index in [9.17, 15) is 0 Å². The molecule has 2 atom stereocenters. The quantitative estimate of drug-likeness (QED) is 0.363. The molecule has 2 fully saturated rings. The van der Waals surface area contributed by atoms with Crippen molar-refractivity contribution in [1.29, 1.82) is 0 Å². The third-order valence-corrected chi connectivity index (χ3v) is 4.98. The number of rotatable bonds is 0. The second-order valence-electron chi connectivity index (χ2n) is 3.61. The van der Waals surface area contributed by atoms with Crippen molar-refractivity contribution >= 4 is 22.6 Å². The fourth-order valence-electron chi connectivity index (χ4n) is 2.33. The van der Waals surface area contributed by atoms with E-state index in [1.165, 1.54) is 32.1 Å². The summed E-state index contributed by atoms with van der Waals surface area (Å²) in [6.45, 7) is 0. The summed E-state index contributed by atoms with van der Waals surface area (Å²) in [5.41, 5.74) is 0. The van der Waals surface area contributed by atoms with Crippen LogP contribution >= 0.6 is 22.6 Å². The van der Waals surface area contributed by atoms with Crippen LogP contribution in [0.1, 0.15) is 32.1 Å². The van der Waals surface area contributed by atoms with Gasteiger partial charge in [-0.15, -0.1) is 0 Å². The summed E-state index contributed by atoms with van der Waals surface area (Å²) in [5.74, 6) is 0. The van der Waals surface area contributed by atoms with E-state index < -0.39 is 0 Å². The minimum atomic E-state index is 0.556. The van der Waals surface area contributed by atoms with Gasteiger partial charge in [-0.1, -0.05) is 22.6 Å². The first kappa shape index (κ1) is 7.35. The van der Waals surface area contributed by atoms with Crippen LogP contribution in [0.3, 0.4) is 0 Å². The van der Waals surface area contributed by atoms with Crippen molar-refractivity contribution < 1.29 is 0 Å². The molecule has 0 saturated carbocycles. The molecule has 0 aliphatic carbocycles. The van der Waals surface area contributed by atoms with E-state index in [0.29, 0.717) is 3.55 Å². The summed E-state index contributed by atoms with van der Waals surface area (Å²) >= 11 is 2.65. The summed E-state index contributed by atoms with van der Waals surface area (Å²) in [6, 6.07) is 0.922. The average Bonchev–Trinajstić information content (AvgIpc) is 2.18. The standard InChI is InChI=1S/C8H14IN/c1-10-7-3-2-5-8(10,9)6-4-7/h7H,2-6H2,1H3. The van der Waals surface area contributed by atoms with Gasteiger partial charge in [0.15, 0.2) is 0 Å². The first-order valence-electron chi connectivity index (χ1n) is 4.14. The summed E-state index contributed by atoms with van der Waals surface area (Å²) in [5, 5.41) is 0. The minimum Gasteiger partial charge on any atom is -0.289 e. The zero-order valence-corrected chi connectivity index (χ0v) is 8.60. The number of nitrogens with zero attached hydrogens (tertiary/aromatic N) is 1. The van der Waals surface area contributed by atoms with E-state index in [0.717, 1.165) is 6.04 Å². The first-order chi connectivity index (χ1) is 4.72. The Morgan fingerprint density at radius 2 is 2.20 bits per heavy atom. The predicted molar refractivity (Wildman–Crippen MR) is 51.4 cm³/mol. The second kappa shape index (κ2) is 2.34. The highest BCUT2D eigenvalue weighted by molar-refractivity contribution is 14.1. The van der Waals surface area contributed by atoms with Gasteiger partial charge in [0.05, 0.1) is 3.55 Å². The van der Waals surface area contributed by atoms with Crippen LogP contribution in [0.2, 0.25) is 0 Å². The lowest BCUT2D eigenvalue weighted by Gasteiger charge is -2.38. The number of hydrogen-bond acceptors (Lipinski definition) is 1. The van der Waals surface area contributed by atoms with Gasteiger partial charge in [0.2, 0.25) is 0 Å². The van der Waals surface area contributed by atoms with Crippen LogP contribution in [0.25, 0.3) is 0 Å². The van der Waals surface area contributed by atoms with Crippen LogP contribution in [-0.2, 0) is 0 Å². The molecular formula is C8H14IN. The smallest absolute Gasteiger partial charge is 0.0730 e. The summed E-state index contributed by atoms with van der Waals surface area (Å²) in [6.07, 6.45) is 7.19. The van der Waals surface area contributed by atoms with E-state index in [-0.39, 0.29) is 0 Å². The lowest BCUT2D eigenvalue weighted by Crippen LogP contribution is -2.42. The molecule has 0 aromatic carbocycles. The lowest BCUT2D eigenvalue weighted by atomic mass is 10.0. The topological polar surface area (TPSA) is 3.24 Å². The molecule has 0 spiro atoms. The highest BCUT2D eigenvalue weighted by Gasteiger charge is 2.44. The van der Waals surface area contributed by atoms with Gasteiger partial charge in [-0.3, -0.25) is 4.90 Å². The molecule has 2 aliphatic heterocycles. The molecule has 0 aromatic heterocycles. The minimum absolute atomic E-state index is 0.556. The number of fused-ring (bicyclic) bond motifs is 2. The molecule has 0 aromatic rings. The number of hydrogen-bond donors (Lipinski definition) is 0. The van der Waals surface area contributed by atoms with Crippen molar-refractivity contribution in [2.45, 2.75) is 41.7 Å². The molecule has 2 heterocycles. The molecule has 10 heavy (non-hydrogen) atoms. The molecule has 2 heteroatoms. The highest BCUT2D eigenvalue weighted by atomic mass is 127. The molecule has 0 radical (unpaired) electrons. The van der Waals surface area contributed by atoms with Gasteiger partial charge in [0, 0.05) is 6.04 Å². The molecule has 2 aliphatic rings. The molecule has 2 rings (SSSR count). The number of alkyl halides is 1. The monoisotopic (exact) mass is 251 g/mol. The van der Waals surface area contributed by atoms with Gasteiger partial charge >= 0.3 is 0 Å². The van der Waals surface area contributed by atoms with Crippen molar-refractivity contribution in [1.82, 2.24) is 4.90 Å². The maximum absolute atomic E-state index is 2.65. The van der Waals surface area contributed by atoms with Gasteiger partial charge in [-0.2, -0.15) is 0 Å². The predicted octanol–water partition coefficient (Wildman–Crippen LogP) is 2.40. The van der Waals surface area contributed by atoms with Gasteiger partial charge in [-0.25, -0.2) is 0 Å². The van der Waals surface area contributed by atoms with Crippen LogP contribution in [0.5, 0.6) is 0 Å². The Kier molecular flexibility index (Phi) is 1.72. The van der Waals surface area contributed by atoms with E-state index in [1.807, 2.05) is 0 Å². The Balaban J connectivity index is 2.21. The van der Waals surface area contributed by atoms with Crippen LogP contribution in [0.15, 0.2) is 0 Å². The fourth-order valence-corrected chi connectivity index (χ4v) is 3.42. The van der Waals surface area contributed by atoms with E-state index in [4.69, 9.17) is 0 Å². The highest BCUT2D eigenvalue weighted by Crippen LogP contribution is 2.46. The van der Waals surface area contributed by atoms with Gasteiger partial charge in [0.25, 0.3) is 0 Å². The molecule has 2 bridgehead atoms. The van der Waals surface area contributed by atoms with Crippen LogP contribution < -0.4 is 0 Å². The normalized spacial score (nSPS) is 48.0. The summed E-state index contributed by atoms with van der Waals surface area (Å²) < 4.78 is 0.556. The van der Waals surface area contributed by atoms with E-state index in [1.54, 1.807) is 0 Å². The Hall–Kier alpha value is 0.690. The Morgan fingerprint density at radius 1 is 1.40 bits per heavy atom. The van der Waals surface area contributed by atoms with Crippen molar-refractivity contribution in [2.75, 3.05) is 7.05 Å². The number of halogens is 1. The van der Waals surface area contributed by atoms with Gasteiger partial charge in [-0.05, 0) is 39.2 Å². The van der Waals surface area contributed by atoms with Crippen LogP contribution in [0.4, 0.5) is 0 Å².